The lowest BCUT2D eigenvalue weighted by atomic mass is 10.2. The Hall–Kier alpha value is -3.00. The molecule has 1 unspecified atom stereocenters. The average molecular weight is 409 g/mol. The van der Waals surface area contributed by atoms with Crippen LogP contribution in [0, 0.1) is 0 Å². The van der Waals surface area contributed by atoms with Crippen molar-refractivity contribution >= 4 is 23.3 Å². The van der Waals surface area contributed by atoms with Gasteiger partial charge in [0, 0.05) is 42.6 Å². The summed E-state index contributed by atoms with van der Waals surface area (Å²) in [5, 5.41) is 14.1. The Morgan fingerprint density at radius 1 is 1.20 bits per heavy atom. The number of carbonyl (C=O) groups is 2. The van der Waals surface area contributed by atoms with Gasteiger partial charge in [0.05, 0.1) is 6.54 Å². The van der Waals surface area contributed by atoms with E-state index in [-0.39, 0.29) is 18.4 Å². The number of rotatable bonds is 8. The summed E-state index contributed by atoms with van der Waals surface area (Å²) in [7, 11) is 1.95. The van der Waals surface area contributed by atoms with Gasteiger partial charge in [-0.3, -0.25) is 14.5 Å². The molecular formula is C22H28N6O2. The summed E-state index contributed by atoms with van der Waals surface area (Å²) in [6.07, 6.45) is 5.95. The third-order valence-corrected chi connectivity index (χ3v) is 5.49. The van der Waals surface area contributed by atoms with Crippen LogP contribution in [0.1, 0.15) is 36.0 Å². The van der Waals surface area contributed by atoms with Gasteiger partial charge in [0.1, 0.15) is 0 Å². The van der Waals surface area contributed by atoms with Gasteiger partial charge in [-0.15, -0.1) is 5.10 Å². The maximum Gasteiger partial charge on any atom is 0.251 e. The molecule has 158 valence electrons. The van der Waals surface area contributed by atoms with Gasteiger partial charge in [0.25, 0.3) is 5.91 Å². The molecule has 1 aliphatic carbocycles. The van der Waals surface area contributed by atoms with Crippen LogP contribution in [-0.4, -0.2) is 65.7 Å². The highest BCUT2D eigenvalue weighted by Gasteiger charge is 2.27. The van der Waals surface area contributed by atoms with Gasteiger partial charge < -0.3 is 15.5 Å². The largest absolute Gasteiger partial charge is 0.351 e. The number of likely N-dealkylation sites (N-methyl/N-ethyl adjacent to an activating group) is 1. The lowest BCUT2D eigenvalue weighted by Crippen LogP contribution is -2.42. The second kappa shape index (κ2) is 9.21. The van der Waals surface area contributed by atoms with Crippen LogP contribution in [0.5, 0.6) is 0 Å². The smallest absolute Gasteiger partial charge is 0.251 e. The van der Waals surface area contributed by atoms with E-state index >= 15 is 0 Å². The lowest BCUT2D eigenvalue weighted by Gasteiger charge is -2.28. The molecule has 1 saturated carbocycles. The van der Waals surface area contributed by atoms with Crippen molar-refractivity contribution in [2.45, 2.75) is 37.8 Å². The minimum Gasteiger partial charge on any atom is -0.351 e. The van der Waals surface area contributed by atoms with Crippen LogP contribution in [0.15, 0.2) is 42.6 Å². The number of hydrogen-bond donors (Lipinski definition) is 2. The minimum absolute atomic E-state index is 0.0870. The van der Waals surface area contributed by atoms with Crippen molar-refractivity contribution in [3.8, 4) is 0 Å². The molecule has 2 heterocycles. The third kappa shape index (κ3) is 5.33. The molecular weight excluding hydrogens is 380 g/mol. The molecule has 4 rings (SSSR count). The van der Waals surface area contributed by atoms with Crippen molar-refractivity contribution in [2.75, 3.05) is 36.9 Å². The van der Waals surface area contributed by atoms with Gasteiger partial charge in [0.15, 0.2) is 5.82 Å². The number of nitrogens with one attached hydrogen (secondary N) is 2. The second-order valence-corrected chi connectivity index (χ2v) is 8.14. The van der Waals surface area contributed by atoms with E-state index in [9.17, 15) is 9.59 Å². The van der Waals surface area contributed by atoms with Crippen LogP contribution in [-0.2, 0) is 4.79 Å². The predicted molar refractivity (Wildman–Crippen MR) is 115 cm³/mol. The predicted octanol–water partition coefficient (Wildman–Crippen LogP) is 1.91. The average Bonchev–Trinajstić information content (AvgIpc) is 3.43. The molecule has 1 aliphatic heterocycles. The Labute approximate surface area is 176 Å². The van der Waals surface area contributed by atoms with E-state index in [0.29, 0.717) is 23.3 Å². The monoisotopic (exact) mass is 408 g/mol. The number of anilines is 2. The summed E-state index contributed by atoms with van der Waals surface area (Å²) in [6.45, 7) is 2.01. The number of nitrogens with zero attached hydrogens (tertiary/aromatic N) is 4. The standard InChI is InChI=1S/C22H28N6O2/c1-27(14-19-7-4-12-28(19)20-8-3-11-23-26-20)15-21(29)24-18-6-2-5-16(13-18)22(30)25-17-9-10-17/h2-3,5-6,8,11,13,17,19H,4,7,9-10,12,14-15H2,1H3,(H,24,29)(H,25,30). The number of hydrogen-bond acceptors (Lipinski definition) is 6. The Balaban J connectivity index is 1.29. The first-order valence-corrected chi connectivity index (χ1v) is 10.5. The van der Waals surface area contributed by atoms with Crippen LogP contribution < -0.4 is 15.5 Å². The Bertz CT molecular complexity index is 886. The fourth-order valence-electron chi connectivity index (χ4n) is 3.88. The molecule has 0 bridgehead atoms. The van der Waals surface area contributed by atoms with E-state index in [0.717, 1.165) is 44.6 Å². The molecule has 2 fully saturated rings. The molecule has 0 radical (unpaired) electrons. The van der Waals surface area contributed by atoms with E-state index in [4.69, 9.17) is 0 Å². The third-order valence-electron chi connectivity index (χ3n) is 5.49. The molecule has 1 atom stereocenters. The normalized spacial score (nSPS) is 18.5. The Kier molecular flexibility index (Phi) is 6.23. The molecule has 2 aromatic rings. The first-order valence-electron chi connectivity index (χ1n) is 10.5. The van der Waals surface area contributed by atoms with Crippen molar-refractivity contribution < 1.29 is 9.59 Å². The number of aromatic nitrogens is 2. The quantitative estimate of drug-likeness (QED) is 0.694. The van der Waals surface area contributed by atoms with E-state index in [1.807, 2.05) is 24.1 Å². The summed E-state index contributed by atoms with van der Waals surface area (Å²) >= 11 is 0. The topological polar surface area (TPSA) is 90.5 Å². The number of benzene rings is 1. The van der Waals surface area contributed by atoms with Crippen LogP contribution in [0.3, 0.4) is 0 Å². The van der Waals surface area contributed by atoms with Crippen molar-refractivity contribution in [3.63, 3.8) is 0 Å². The first kappa shape index (κ1) is 20.3. The zero-order chi connectivity index (χ0) is 20.9. The molecule has 30 heavy (non-hydrogen) atoms. The summed E-state index contributed by atoms with van der Waals surface area (Å²) in [4.78, 5) is 29.0. The van der Waals surface area contributed by atoms with Crippen molar-refractivity contribution in [3.05, 3.63) is 48.2 Å². The minimum atomic E-state index is -0.0960. The summed E-state index contributed by atoms with van der Waals surface area (Å²) < 4.78 is 0. The highest BCUT2D eigenvalue weighted by molar-refractivity contribution is 5.97. The molecule has 1 saturated heterocycles. The Morgan fingerprint density at radius 3 is 2.83 bits per heavy atom. The zero-order valence-corrected chi connectivity index (χ0v) is 17.3. The van der Waals surface area contributed by atoms with E-state index in [1.165, 1.54) is 0 Å². The van der Waals surface area contributed by atoms with Gasteiger partial charge in [0.2, 0.25) is 5.91 Å². The second-order valence-electron chi connectivity index (χ2n) is 8.14. The highest BCUT2D eigenvalue weighted by Crippen LogP contribution is 2.23. The fourth-order valence-corrected chi connectivity index (χ4v) is 3.88. The zero-order valence-electron chi connectivity index (χ0n) is 17.3. The lowest BCUT2D eigenvalue weighted by molar-refractivity contribution is -0.117. The number of carbonyl (C=O) groups excluding carboxylic acids is 2. The molecule has 2 amide bonds. The molecule has 0 spiro atoms. The highest BCUT2D eigenvalue weighted by atomic mass is 16.2. The van der Waals surface area contributed by atoms with Gasteiger partial charge in [-0.1, -0.05) is 6.07 Å². The maximum atomic E-state index is 12.5. The number of amides is 2. The van der Waals surface area contributed by atoms with Crippen molar-refractivity contribution in [2.24, 2.45) is 0 Å². The summed E-state index contributed by atoms with van der Waals surface area (Å²) in [5.41, 5.74) is 1.21. The molecule has 1 aromatic carbocycles. The molecule has 1 aromatic heterocycles. The molecule has 8 heteroatoms. The fraction of sp³-hybridized carbons (Fsp3) is 0.455. The van der Waals surface area contributed by atoms with Crippen LogP contribution in [0.4, 0.5) is 11.5 Å². The van der Waals surface area contributed by atoms with E-state index < -0.39 is 0 Å². The van der Waals surface area contributed by atoms with Crippen molar-refractivity contribution in [1.82, 2.24) is 20.4 Å². The van der Waals surface area contributed by atoms with E-state index in [1.54, 1.807) is 30.5 Å². The molecule has 8 nitrogen and oxygen atoms in total. The van der Waals surface area contributed by atoms with E-state index in [2.05, 4.69) is 25.7 Å². The van der Waals surface area contributed by atoms with Crippen LogP contribution in [0.25, 0.3) is 0 Å². The van der Waals surface area contributed by atoms with Crippen LogP contribution in [0.2, 0.25) is 0 Å². The van der Waals surface area contributed by atoms with Gasteiger partial charge in [-0.25, -0.2) is 0 Å². The maximum absolute atomic E-state index is 12.5. The first-order chi connectivity index (χ1) is 14.6. The van der Waals surface area contributed by atoms with Crippen LogP contribution >= 0.6 is 0 Å². The Morgan fingerprint density at radius 2 is 2.07 bits per heavy atom. The van der Waals surface area contributed by atoms with Gasteiger partial charge in [-0.05, 0) is 63.1 Å². The van der Waals surface area contributed by atoms with Gasteiger partial charge in [-0.2, -0.15) is 5.10 Å². The molecule has 2 aliphatic rings. The SMILES string of the molecule is CN(CC(=O)Nc1cccc(C(=O)NC2CC2)c1)CC1CCCN1c1cccnn1. The summed E-state index contributed by atoms with van der Waals surface area (Å²) in [6, 6.07) is 11.6. The summed E-state index contributed by atoms with van der Waals surface area (Å²) in [5.74, 6) is 0.705. The molecule has 2 N–H and O–H groups in total. The van der Waals surface area contributed by atoms with Crippen molar-refractivity contribution in [1.29, 1.82) is 0 Å². The van der Waals surface area contributed by atoms with Gasteiger partial charge >= 0.3 is 0 Å².